The first-order valence-corrected chi connectivity index (χ1v) is 10.9. The maximum atomic E-state index is 12.6. The van der Waals surface area contributed by atoms with Crippen LogP contribution in [0.5, 0.6) is 0 Å². The number of nitrogens with one attached hydrogen (secondary N) is 1. The van der Waals surface area contributed by atoms with Gasteiger partial charge in [-0.1, -0.05) is 0 Å². The highest BCUT2D eigenvalue weighted by atomic mass is 16.6. The van der Waals surface area contributed by atoms with Crippen LogP contribution in [0.4, 0.5) is 4.79 Å². The quantitative estimate of drug-likeness (QED) is 0.436. The molecule has 2 rings (SSSR count). The first-order valence-electron chi connectivity index (χ1n) is 10.9. The van der Waals surface area contributed by atoms with E-state index in [0.717, 1.165) is 57.7 Å². The largest absolute Gasteiger partial charge is 0.466 e. The van der Waals surface area contributed by atoms with Crippen LogP contribution in [-0.2, 0) is 14.3 Å². The van der Waals surface area contributed by atoms with Crippen LogP contribution in [-0.4, -0.2) is 79.3 Å². The van der Waals surface area contributed by atoms with Crippen molar-refractivity contribution in [1.82, 2.24) is 15.1 Å². The summed E-state index contributed by atoms with van der Waals surface area (Å²) in [4.78, 5) is 33.0. The van der Waals surface area contributed by atoms with Crippen LogP contribution < -0.4 is 5.32 Å². The van der Waals surface area contributed by atoms with Gasteiger partial charge in [-0.05, 0) is 59.8 Å². The van der Waals surface area contributed by atoms with E-state index in [-0.39, 0.29) is 24.0 Å². The van der Waals surface area contributed by atoms with Gasteiger partial charge in [-0.15, -0.1) is 0 Å². The van der Waals surface area contributed by atoms with E-state index in [0.29, 0.717) is 13.2 Å². The molecule has 0 bridgehead atoms. The van der Waals surface area contributed by atoms with Crippen molar-refractivity contribution in [2.75, 3.05) is 39.8 Å². The summed E-state index contributed by atoms with van der Waals surface area (Å²) in [5.74, 6) is 0.706. The second-order valence-corrected chi connectivity index (χ2v) is 8.76. The van der Waals surface area contributed by atoms with Gasteiger partial charge in [-0.2, -0.15) is 0 Å². The molecule has 0 saturated carbocycles. The molecule has 8 heteroatoms. The van der Waals surface area contributed by atoms with E-state index in [1.54, 1.807) is 7.05 Å². The molecule has 0 radical (unpaired) electrons. The predicted octanol–water partition coefficient (Wildman–Crippen LogP) is 2.63. The molecule has 2 heterocycles. The van der Waals surface area contributed by atoms with Gasteiger partial charge < -0.3 is 24.6 Å². The number of nitrogens with zero attached hydrogens (tertiary/aromatic N) is 3. The third-order valence-electron chi connectivity index (χ3n) is 5.38. The zero-order valence-electron chi connectivity index (χ0n) is 18.7. The average molecular weight is 411 g/mol. The molecule has 0 aromatic rings. The number of amides is 1. The van der Waals surface area contributed by atoms with Crippen LogP contribution in [0.1, 0.15) is 59.8 Å². The van der Waals surface area contributed by atoms with Gasteiger partial charge in [-0.25, -0.2) is 4.79 Å². The van der Waals surface area contributed by atoms with Gasteiger partial charge in [0, 0.05) is 33.2 Å². The molecule has 1 atom stereocenters. The number of aliphatic imine (C=N–C) groups is 1. The highest BCUT2D eigenvalue weighted by Gasteiger charge is 2.31. The topological polar surface area (TPSA) is 83.5 Å². The SMILES string of the molecule is CCOC(=O)C1CCN(C(=NC)NCC2CCCCN2C(=O)OC(C)(C)C)CC1. The summed E-state index contributed by atoms with van der Waals surface area (Å²) in [5.41, 5.74) is -0.494. The maximum absolute atomic E-state index is 12.6. The normalized spacial score (nSPS) is 21.7. The summed E-state index contributed by atoms with van der Waals surface area (Å²) in [6, 6.07) is 0.0902. The van der Waals surface area contributed by atoms with Crippen LogP contribution in [0.2, 0.25) is 0 Å². The number of likely N-dealkylation sites (tertiary alicyclic amines) is 2. The third-order valence-corrected chi connectivity index (χ3v) is 5.38. The maximum Gasteiger partial charge on any atom is 0.410 e. The molecule has 2 aliphatic rings. The number of piperidine rings is 2. The molecule has 0 spiro atoms. The molecule has 1 amide bonds. The van der Waals surface area contributed by atoms with E-state index in [4.69, 9.17) is 9.47 Å². The Morgan fingerprint density at radius 3 is 2.38 bits per heavy atom. The summed E-state index contributed by atoms with van der Waals surface area (Å²) in [6.45, 7) is 10.8. The van der Waals surface area contributed by atoms with Crippen molar-refractivity contribution in [3.63, 3.8) is 0 Å². The van der Waals surface area contributed by atoms with Crippen LogP contribution >= 0.6 is 0 Å². The first kappa shape index (κ1) is 23.3. The first-order chi connectivity index (χ1) is 13.7. The number of rotatable bonds is 4. The van der Waals surface area contributed by atoms with Crippen molar-refractivity contribution in [2.45, 2.75) is 71.4 Å². The molecule has 8 nitrogen and oxygen atoms in total. The van der Waals surface area contributed by atoms with E-state index >= 15 is 0 Å². The van der Waals surface area contributed by atoms with Gasteiger partial charge in [0.25, 0.3) is 0 Å². The van der Waals surface area contributed by atoms with Crippen LogP contribution in [0.3, 0.4) is 0 Å². The lowest BCUT2D eigenvalue weighted by atomic mass is 9.97. The highest BCUT2D eigenvalue weighted by molar-refractivity contribution is 5.80. The Morgan fingerprint density at radius 1 is 1.10 bits per heavy atom. The Bertz CT molecular complexity index is 580. The molecule has 0 aliphatic carbocycles. The van der Waals surface area contributed by atoms with Gasteiger partial charge >= 0.3 is 12.1 Å². The second-order valence-electron chi connectivity index (χ2n) is 8.76. The Morgan fingerprint density at radius 2 is 1.79 bits per heavy atom. The molecule has 0 aromatic carbocycles. The van der Waals surface area contributed by atoms with Crippen molar-refractivity contribution in [3.8, 4) is 0 Å². The lowest BCUT2D eigenvalue weighted by molar-refractivity contribution is -0.149. The van der Waals surface area contributed by atoms with Gasteiger partial charge in [0.15, 0.2) is 5.96 Å². The minimum atomic E-state index is -0.494. The Balaban J connectivity index is 1.87. The summed E-state index contributed by atoms with van der Waals surface area (Å²) >= 11 is 0. The van der Waals surface area contributed by atoms with Crippen LogP contribution in [0, 0.1) is 5.92 Å². The zero-order valence-corrected chi connectivity index (χ0v) is 18.7. The number of hydrogen-bond donors (Lipinski definition) is 1. The molecule has 2 saturated heterocycles. The molecule has 166 valence electrons. The van der Waals surface area contributed by atoms with Gasteiger partial charge in [0.1, 0.15) is 5.60 Å². The van der Waals surface area contributed by atoms with E-state index < -0.39 is 5.60 Å². The standard InChI is InChI=1S/C21H38N4O4/c1-6-28-18(26)16-10-13-24(14-11-16)19(22-5)23-15-17-9-7-8-12-25(17)20(27)29-21(2,3)4/h16-17H,6-15H2,1-5H3,(H,22,23). The number of guanidine groups is 1. The Labute approximate surface area is 175 Å². The van der Waals surface area contributed by atoms with Gasteiger partial charge in [0.05, 0.1) is 18.6 Å². The van der Waals surface area contributed by atoms with Crippen LogP contribution in [0.25, 0.3) is 0 Å². The fourth-order valence-corrected chi connectivity index (χ4v) is 3.90. The van der Waals surface area contributed by atoms with Gasteiger partial charge in [0.2, 0.25) is 0 Å². The fraction of sp³-hybridized carbons (Fsp3) is 0.857. The van der Waals surface area contributed by atoms with Crippen LogP contribution in [0.15, 0.2) is 4.99 Å². The summed E-state index contributed by atoms with van der Waals surface area (Å²) in [7, 11) is 1.77. The molecular formula is C21H38N4O4. The molecule has 1 unspecified atom stereocenters. The lowest BCUT2D eigenvalue weighted by Crippen LogP contribution is -2.53. The monoisotopic (exact) mass is 410 g/mol. The zero-order chi connectivity index (χ0) is 21.4. The van der Waals surface area contributed by atoms with Crippen molar-refractivity contribution in [3.05, 3.63) is 0 Å². The van der Waals surface area contributed by atoms with E-state index in [9.17, 15) is 9.59 Å². The number of carbonyl (C=O) groups is 2. The number of esters is 1. The average Bonchev–Trinajstić information content (AvgIpc) is 2.68. The molecule has 2 aliphatic heterocycles. The molecule has 0 aromatic heterocycles. The molecular weight excluding hydrogens is 372 g/mol. The van der Waals surface area contributed by atoms with Crippen molar-refractivity contribution in [2.24, 2.45) is 10.9 Å². The van der Waals surface area contributed by atoms with E-state index in [1.165, 1.54) is 0 Å². The summed E-state index contributed by atoms with van der Waals surface area (Å²) < 4.78 is 10.7. The minimum absolute atomic E-state index is 0.0229. The molecule has 29 heavy (non-hydrogen) atoms. The predicted molar refractivity (Wildman–Crippen MR) is 113 cm³/mol. The number of hydrogen-bond acceptors (Lipinski definition) is 5. The van der Waals surface area contributed by atoms with Crippen molar-refractivity contribution in [1.29, 1.82) is 0 Å². The van der Waals surface area contributed by atoms with E-state index in [1.807, 2.05) is 32.6 Å². The summed E-state index contributed by atoms with van der Waals surface area (Å²) in [6.07, 6.45) is 4.36. The molecule has 1 N–H and O–H groups in total. The highest BCUT2D eigenvalue weighted by Crippen LogP contribution is 2.21. The number of ether oxygens (including phenoxy) is 2. The summed E-state index contributed by atoms with van der Waals surface area (Å²) in [5, 5.41) is 3.44. The molecule has 2 fully saturated rings. The lowest BCUT2D eigenvalue weighted by Gasteiger charge is -2.38. The smallest absolute Gasteiger partial charge is 0.410 e. The minimum Gasteiger partial charge on any atom is -0.466 e. The Kier molecular flexibility index (Phi) is 8.59. The number of carbonyl (C=O) groups excluding carboxylic acids is 2. The van der Waals surface area contributed by atoms with Crippen molar-refractivity contribution >= 4 is 18.0 Å². The Hall–Kier alpha value is -1.99. The fourth-order valence-electron chi connectivity index (χ4n) is 3.90. The van der Waals surface area contributed by atoms with Crippen molar-refractivity contribution < 1.29 is 19.1 Å². The third kappa shape index (κ3) is 7.08. The van der Waals surface area contributed by atoms with E-state index in [2.05, 4.69) is 15.2 Å². The second kappa shape index (κ2) is 10.7. The van der Waals surface area contributed by atoms with Gasteiger partial charge in [-0.3, -0.25) is 9.79 Å².